The van der Waals surface area contributed by atoms with Crippen LogP contribution in [-0.4, -0.2) is 23.0 Å². The quantitative estimate of drug-likeness (QED) is 0.662. The molecule has 0 heterocycles. The summed E-state index contributed by atoms with van der Waals surface area (Å²) in [6.45, 7) is 0. The largest absolute Gasteiger partial charge is 0.481 e. The molecule has 1 fully saturated rings. The molecular weight excluding hydrogens is 192 g/mol. The Morgan fingerprint density at radius 2 is 2.08 bits per heavy atom. The summed E-state index contributed by atoms with van der Waals surface area (Å²) in [6.07, 6.45) is -0.744. The molecule has 1 aliphatic rings. The average Bonchev–Trinajstić information content (AvgIpc) is 2.08. The van der Waals surface area contributed by atoms with Gasteiger partial charge >= 0.3 is 5.97 Å². The summed E-state index contributed by atoms with van der Waals surface area (Å²) < 4.78 is 25.1. The van der Waals surface area contributed by atoms with Crippen molar-refractivity contribution in [2.75, 3.05) is 0 Å². The maximum Gasteiger partial charge on any atom is 0.306 e. The summed E-state index contributed by atoms with van der Waals surface area (Å²) in [5.74, 6) is -5.15. The maximum absolute atomic E-state index is 12.6. The molecule has 72 valence electrons. The third-order valence-corrected chi connectivity index (χ3v) is 1.95. The molecule has 0 aromatic heterocycles. The zero-order valence-corrected chi connectivity index (χ0v) is 6.98. The second-order valence-electron chi connectivity index (χ2n) is 2.84. The van der Waals surface area contributed by atoms with E-state index in [0.29, 0.717) is 0 Å². The summed E-state index contributed by atoms with van der Waals surface area (Å²) in [4.78, 5) is 10.2. The van der Waals surface area contributed by atoms with E-state index < -0.39 is 30.3 Å². The number of carbonyl (C=O) groups is 1. The Labute approximate surface area is 74.3 Å². The van der Waals surface area contributed by atoms with E-state index in [-0.39, 0.29) is 18.8 Å². The van der Waals surface area contributed by atoms with Crippen LogP contribution in [-0.2, 0) is 4.79 Å². The second kappa shape index (κ2) is 3.53. The molecule has 0 aromatic rings. The van der Waals surface area contributed by atoms with Gasteiger partial charge in [-0.15, -0.1) is 12.4 Å². The summed E-state index contributed by atoms with van der Waals surface area (Å²) in [5.41, 5.74) is 5.03. The van der Waals surface area contributed by atoms with E-state index >= 15 is 0 Å². The van der Waals surface area contributed by atoms with Gasteiger partial charge in [-0.05, 0) is 6.42 Å². The molecule has 1 saturated carbocycles. The number of alkyl halides is 2. The van der Waals surface area contributed by atoms with Gasteiger partial charge in [-0.25, -0.2) is 8.78 Å². The highest BCUT2D eigenvalue weighted by Crippen LogP contribution is 2.37. The molecule has 1 aliphatic carbocycles. The molecule has 2 atom stereocenters. The molecule has 3 nitrogen and oxygen atoms in total. The van der Waals surface area contributed by atoms with Crippen LogP contribution in [0.4, 0.5) is 8.78 Å². The van der Waals surface area contributed by atoms with Crippen LogP contribution in [0.3, 0.4) is 0 Å². The number of halogens is 3. The third kappa shape index (κ3) is 2.04. The Hall–Kier alpha value is -0.420. The predicted molar refractivity (Wildman–Crippen MR) is 40.5 cm³/mol. The Bertz CT molecular complexity index is 188. The minimum atomic E-state index is -3.00. The zero-order valence-electron chi connectivity index (χ0n) is 6.17. The molecule has 12 heavy (non-hydrogen) atoms. The smallest absolute Gasteiger partial charge is 0.306 e. The minimum Gasteiger partial charge on any atom is -0.481 e. The van der Waals surface area contributed by atoms with Crippen LogP contribution in [0.25, 0.3) is 0 Å². The maximum atomic E-state index is 12.6. The lowest BCUT2D eigenvalue weighted by Gasteiger charge is -2.12. The van der Waals surface area contributed by atoms with Crippen molar-refractivity contribution >= 4 is 18.4 Å². The van der Waals surface area contributed by atoms with Crippen molar-refractivity contribution in [2.45, 2.75) is 24.8 Å². The lowest BCUT2D eigenvalue weighted by molar-refractivity contribution is -0.142. The highest BCUT2D eigenvalue weighted by Gasteiger charge is 2.49. The molecule has 0 aromatic carbocycles. The minimum absolute atomic E-state index is 0. The van der Waals surface area contributed by atoms with Crippen molar-refractivity contribution in [3.8, 4) is 0 Å². The third-order valence-electron chi connectivity index (χ3n) is 1.95. The Morgan fingerprint density at radius 3 is 2.25 bits per heavy atom. The summed E-state index contributed by atoms with van der Waals surface area (Å²) in [7, 11) is 0. The zero-order chi connectivity index (χ0) is 8.65. The highest BCUT2D eigenvalue weighted by atomic mass is 35.5. The van der Waals surface area contributed by atoms with E-state index in [2.05, 4.69) is 0 Å². The van der Waals surface area contributed by atoms with Crippen LogP contribution in [0.15, 0.2) is 0 Å². The Kier molecular flexibility index (Phi) is 3.41. The van der Waals surface area contributed by atoms with Crippen molar-refractivity contribution in [3.63, 3.8) is 0 Å². The van der Waals surface area contributed by atoms with Crippen LogP contribution in [0.5, 0.6) is 0 Å². The van der Waals surface area contributed by atoms with Gasteiger partial charge < -0.3 is 10.8 Å². The SMILES string of the molecule is Cl.N[C@H]1C[C@@H](C(=O)O)CC1(F)F. The van der Waals surface area contributed by atoms with Crippen LogP contribution in [0.1, 0.15) is 12.8 Å². The normalized spacial score (nSPS) is 32.6. The second-order valence-corrected chi connectivity index (χ2v) is 2.84. The molecular formula is C6H10ClF2NO2. The lowest BCUT2D eigenvalue weighted by atomic mass is 10.1. The molecule has 0 amide bonds. The van der Waals surface area contributed by atoms with Gasteiger partial charge in [0, 0.05) is 6.42 Å². The number of hydrogen-bond acceptors (Lipinski definition) is 2. The summed E-state index contributed by atoms with van der Waals surface area (Å²) >= 11 is 0. The van der Waals surface area contributed by atoms with Crippen LogP contribution in [0.2, 0.25) is 0 Å². The molecule has 1 rings (SSSR count). The standard InChI is InChI=1S/C6H9F2NO2.ClH/c7-6(8)2-3(5(10)11)1-4(6)9;/h3-4H,1-2,9H2,(H,10,11);1H/t3-,4+;/m1./s1. The van der Waals surface area contributed by atoms with Crippen LogP contribution >= 0.6 is 12.4 Å². The molecule has 0 unspecified atom stereocenters. The Morgan fingerprint density at radius 1 is 1.58 bits per heavy atom. The number of hydrogen-bond donors (Lipinski definition) is 2. The topological polar surface area (TPSA) is 63.3 Å². The van der Waals surface area contributed by atoms with E-state index in [0.717, 1.165) is 0 Å². The van der Waals surface area contributed by atoms with Crippen LogP contribution in [0, 0.1) is 5.92 Å². The van der Waals surface area contributed by atoms with Crippen molar-refractivity contribution in [3.05, 3.63) is 0 Å². The number of carboxylic acids is 1. The number of aliphatic carboxylic acids is 1. The van der Waals surface area contributed by atoms with Gasteiger partial charge in [0.1, 0.15) is 0 Å². The van der Waals surface area contributed by atoms with Crippen LogP contribution < -0.4 is 5.73 Å². The fraction of sp³-hybridized carbons (Fsp3) is 0.833. The first-order chi connectivity index (χ1) is 4.93. The summed E-state index contributed by atoms with van der Waals surface area (Å²) in [6, 6.07) is -1.29. The van der Waals surface area contributed by atoms with Crippen molar-refractivity contribution in [2.24, 2.45) is 11.7 Å². The van der Waals surface area contributed by atoms with Gasteiger partial charge in [-0.3, -0.25) is 4.79 Å². The monoisotopic (exact) mass is 201 g/mol. The molecule has 0 aliphatic heterocycles. The van der Waals surface area contributed by atoms with Gasteiger partial charge in [0.15, 0.2) is 0 Å². The first-order valence-electron chi connectivity index (χ1n) is 3.29. The van der Waals surface area contributed by atoms with E-state index in [1.54, 1.807) is 0 Å². The van der Waals surface area contributed by atoms with Gasteiger partial charge in [-0.2, -0.15) is 0 Å². The lowest BCUT2D eigenvalue weighted by Crippen LogP contribution is -2.34. The molecule has 6 heteroatoms. The van der Waals surface area contributed by atoms with Gasteiger partial charge in [-0.1, -0.05) is 0 Å². The van der Waals surface area contributed by atoms with E-state index in [4.69, 9.17) is 10.8 Å². The van der Waals surface area contributed by atoms with Crippen molar-refractivity contribution in [1.29, 1.82) is 0 Å². The van der Waals surface area contributed by atoms with Gasteiger partial charge in [0.05, 0.1) is 12.0 Å². The molecule has 0 saturated heterocycles. The van der Waals surface area contributed by atoms with Gasteiger partial charge in [0.2, 0.25) is 0 Å². The molecule has 0 bridgehead atoms. The first-order valence-corrected chi connectivity index (χ1v) is 3.29. The average molecular weight is 202 g/mol. The Balaban J connectivity index is 0.00000121. The van der Waals surface area contributed by atoms with E-state index in [9.17, 15) is 13.6 Å². The number of carboxylic acid groups (broad SMARTS) is 1. The van der Waals surface area contributed by atoms with E-state index in [1.165, 1.54) is 0 Å². The predicted octanol–water partition coefficient (Wildman–Crippen LogP) is 0.865. The van der Waals surface area contributed by atoms with E-state index in [1.807, 2.05) is 0 Å². The fourth-order valence-corrected chi connectivity index (χ4v) is 1.23. The van der Waals surface area contributed by atoms with Gasteiger partial charge in [0.25, 0.3) is 5.92 Å². The summed E-state index contributed by atoms with van der Waals surface area (Å²) in [5, 5.41) is 8.37. The van der Waals surface area contributed by atoms with Crippen molar-refractivity contribution < 1.29 is 18.7 Å². The molecule has 3 N–H and O–H groups in total. The first kappa shape index (κ1) is 11.6. The fourth-order valence-electron chi connectivity index (χ4n) is 1.23. The molecule has 0 radical (unpaired) electrons. The van der Waals surface area contributed by atoms with Crippen molar-refractivity contribution in [1.82, 2.24) is 0 Å². The number of nitrogens with two attached hydrogens (primary N) is 1. The number of rotatable bonds is 1. The molecule has 0 spiro atoms. The highest BCUT2D eigenvalue weighted by molar-refractivity contribution is 5.85.